The number of ether oxygens (including phenoxy) is 3. The van der Waals surface area contributed by atoms with Gasteiger partial charge in [0.25, 0.3) is 0 Å². The third-order valence-corrected chi connectivity index (χ3v) is 6.36. The van der Waals surface area contributed by atoms with Crippen molar-refractivity contribution < 1.29 is 23.8 Å². The molecule has 0 fully saturated rings. The molecule has 2 aromatic rings. The number of hydrogen-bond acceptors (Lipinski definition) is 8. The van der Waals surface area contributed by atoms with Crippen LogP contribution in [0.5, 0.6) is 5.75 Å². The molecular weight excluding hydrogens is 472 g/mol. The lowest BCUT2D eigenvalue weighted by atomic mass is 9.95. The van der Waals surface area contributed by atoms with E-state index in [1.165, 1.54) is 11.7 Å². The number of esters is 1. The van der Waals surface area contributed by atoms with Gasteiger partial charge in [-0.15, -0.1) is 0 Å². The zero-order chi connectivity index (χ0) is 26.9. The molecule has 4 rings (SSSR count). The van der Waals surface area contributed by atoms with Crippen LogP contribution in [0.4, 0.5) is 4.79 Å². The summed E-state index contributed by atoms with van der Waals surface area (Å²) in [6.45, 7) is 7.40. The van der Waals surface area contributed by atoms with E-state index in [0.29, 0.717) is 23.3 Å². The van der Waals surface area contributed by atoms with Crippen molar-refractivity contribution in [2.45, 2.75) is 58.2 Å². The van der Waals surface area contributed by atoms with Gasteiger partial charge in [-0.25, -0.2) is 10.2 Å². The average molecular weight is 505 g/mol. The fourth-order valence-electron chi connectivity index (χ4n) is 4.75. The van der Waals surface area contributed by atoms with Crippen LogP contribution in [0.2, 0.25) is 0 Å². The van der Waals surface area contributed by atoms with Gasteiger partial charge in [0.15, 0.2) is 0 Å². The van der Waals surface area contributed by atoms with E-state index in [4.69, 9.17) is 14.2 Å². The van der Waals surface area contributed by atoms with Gasteiger partial charge in [-0.1, -0.05) is 6.08 Å². The maximum Gasteiger partial charge on any atom is 0.419 e. The Morgan fingerprint density at radius 3 is 2.65 bits per heavy atom. The Morgan fingerprint density at radius 1 is 1.24 bits per heavy atom. The van der Waals surface area contributed by atoms with Crippen molar-refractivity contribution in [1.29, 1.82) is 5.26 Å². The first kappa shape index (κ1) is 26.0. The lowest BCUT2D eigenvalue weighted by Gasteiger charge is -2.31. The highest BCUT2D eigenvalue weighted by molar-refractivity contribution is 5.95. The number of fused-ring (bicyclic) bond motifs is 2. The molecule has 2 unspecified atom stereocenters. The number of carbonyl (C=O) groups is 2. The summed E-state index contributed by atoms with van der Waals surface area (Å²) in [6, 6.07) is 5.43. The number of hydrazine groups is 1. The van der Waals surface area contributed by atoms with E-state index >= 15 is 0 Å². The van der Waals surface area contributed by atoms with E-state index in [-0.39, 0.29) is 24.5 Å². The fourth-order valence-corrected chi connectivity index (χ4v) is 4.75. The average Bonchev–Trinajstić information content (AvgIpc) is 3.48. The molecule has 2 heterocycles. The molecule has 1 N–H and O–H groups in total. The molecule has 1 aliphatic heterocycles. The molecule has 2 aliphatic rings. The summed E-state index contributed by atoms with van der Waals surface area (Å²) in [5.41, 5.74) is 6.76. The van der Waals surface area contributed by atoms with E-state index in [1.807, 2.05) is 63.2 Å². The molecule has 194 valence electrons. The number of methoxy groups -OCH3 is 2. The second-order valence-corrected chi connectivity index (χ2v) is 10.1. The Bertz CT molecular complexity index is 1370. The minimum absolute atomic E-state index is 0.168. The number of nitrogens with zero attached hydrogens (tertiary/aromatic N) is 3. The lowest BCUT2D eigenvalue weighted by molar-refractivity contribution is -0.141. The van der Waals surface area contributed by atoms with Crippen LogP contribution in [-0.2, 0) is 14.3 Å². The Labute approximate surface area is 216 Å². The highest BCUT2D eigenvalue weighted by Crippen LogP contribution is 2.42. The predicted molar refractivity (Wildman–Crippen MR) is 139 cm³/mol. The van der Waals surface area contributed by atoms with Gasteiger partial charge < -0.3 is 19.2 Å². The number of nitrogens with one attached hydrogen (secondary N) is 1. The van der Waals surface area contributed by atoms with Gasteiger partial charge >= 0.3 is 12.1 Å². The lowest BCUT2D eigenvalue weighted by Crippen LogP contribution is -2.38. The molecule has 1 aromatic carbocycles. The highest BCUT2D eigenvalue weighted by atomic mass is 16.6. The number of aryl methyl sites for hydroxylation is 1. The van der Waals surface area contributed by atoms with Gasteiger partial charge in [0, 0.05) is 35.3 Å². The maximum absolute atomic E-state index is 13.0. The first-order chi connectivity index (χ1) is 17.6. The molecule has 1 aliphatic carbocycles. The zero-order valence-electron chi connectivity index (χ0n) is 22.0. The minimum Gasteiger partial charge on any atom is -0.496 e. The second kappa shape index (κ2) is 10.1. The van der Waals surface area contributed by atoms with E-state index in [0.717, 1.165) is 22.1 Å². The van der Waals surface area contributed by atoms with Gasteiger partial charge in [0.05, 0.1) is 37.9 Å². The molecule has 0 amide bonds. The summed E-state index contributed by atoms with van der Waals surface area (Å²) < 4.78 is 17.9. The SMILES string of the molecule is COC(=O)CCC(c1c(OC)cc(C)c2c1ccn2C(=O)OC(C)(C)C)N1C=C2C=CC(C#N)=CC2N1. The summed E-state index contributed by atoms with van der Waals surface area (Å²) in [4.78, 5) is 25.2. The Morgan fingerprint density at radius 2 is 2.00 bits per heavy atom. The maximum atomic E-state index is 13.0. The molecule has 0 radical (unpaired) electrons. The number of benzene rings is 1. The number of aromatic nitrogens is 1. The van der Waals surface area contributed by atoms with Crippen LogP contribution >= 0.6 is 0 Å². The van der Waals surface area contributed by atoms with E-state index in [2.05, 4.69) is 11.5 Å². The van der Waals surface area contributed by atoms with Crippen molar-refractivity contribution in [2.75, 3.05) is 14.2 Å². The second-order valence-electron chi connectivity index (χ2n) is 10.1. The summed E-state index contributed by atoms with van der Waals surface area (Å²) in [5.74, 6) is 0.315. The van der Waals surface area contributed by atoms with Crippen molar-refractivity contribution in [1.82, 2.24) is 15.0 Å². The van der Waals surface area contributed by atoms with Crippen LogP contribution in [0, 0.1) is 18.3 Å². The molecular formula is C28H32N4O5. The van der Waals surface area contributed by atoms with Crippen LogP contribution in [-0.4, -0.2) is 47.5 Å². The van der Waals surface area contributed by atoms with Gasteiger partial charge in [-0.2, -0.15) is 5.26 Å². The number of hydrogen-bond donors (Lipinski definition) is 1. The van der Waals surface area contributed by atoms with Crippen molar-refractivity contribution in [3.05, 3.63) is 65.0 Å². The molecule has 1 aromatic heterocycles. The molecule has 9 nitrogen and oxygen atoms in total. The molecule has 0 saturated carbocycles. The van der Waals surface area contributed by atoms with Crippen molar-refractivity contribution in [2.24, 2.45) is 0 Å². The third kappa shape index (κ3) is 5.25. The van der Waals surface area contributed by atoms with Crippen LogP contribution in [0.25, 0.3) is 10.9 Å². The first-order valence-corrected chi connectivity index (χ1v) is 12.1. The summed E-state index contributed by atoms with van der Waals surface area (Å²) >= 11 is 0. The first-order valence-electron chi connectivity index (χ1n) is 12.1. The fraction of sp³-hybridized carbons (Fsp3) is 0.393. The topological polar surface area (TPSA) is 106 Å². The third-order valence-electron chi connectivity index (χ3n) is 6.36. The summed E-state index contributed by atoms with van der Waals surface area (Å²) in [6.07, 6.45) is 9.35. The van der Waals surface area contributed by atoms with E-state index in [9.17, 15) is 14.9 Å². The quantitative estimate of drug-likeness (QED) is 0.558. The minimum atomic E-state index is -0.648. The standard InChI is InChI=1S/C28H32N4O5/c1-17-13-23(35-5)25(20-11-12-31(26(17)20)27(34)37-28(2,3)4)22(9-10-24(33)36-6)32-16-19-8-7-18(15-29)14-21(19)30-32/h7-8,11-14,16,21-22,30H,9-10H2,1-6H3. The van der Waals surface area contributed by atoms with Gasteiger partial charge in [0.1, 0.15) is 11.4 Å². The van der Waals surface area contributed by atoms with Gasteiger partial charge in [0.2, 0.25) is 0 Å². The monoisotopic (exact) mass is 504 g/mol. The van der Waals surface area contributed by atoms with Crippen LogP contribution in [0.15, 0.2) is 53.9 Å². The normalized spacial score (nSPS) is 17.5. The van der Waals surface area contributed by atoms with Gasteiger partial charge in [-0.05, 0) is 69.5 Å². The molecule has 0 spiro atoms. The Kier molecular flexibility index (Phi) is 7.14. The van der Waals surface area contributed by atoms with Crippen molar-refractivity contribution >= 4 is 23.0 Å². The Hall–Kier alpha value is -4.03. The van der Waals surface area contributed by atoms with E-state index < -0.39 is 11.7 Å². The summed E-state index contributed by atoms with van der Waals surface area (Å²) in [5, 5.41) is 12.1. The van der Waals surface area contributed by atoms with Gasteiger partial charge in [-0.3, -0.25) is 9.36 Å². The van der Waals surface area contributed by atoms with E-state index in [1.54, 1.807) is 19.4 Å². The predicted octanol–water partition coefficient (Wildman–Crippen LogP) is 4.83. The van der Waals surface area contributed by atoms with Crippen LogP contribution in [0.3, 0.4) is 0 Å². The number of allylic oxidation sites excluding steroid dienone is 2. The van der Waals surface area contributed by atoms with Crippen LogP contribution < -0.4 is 10.2 Å². The molecule has 2 atom stereocenters. The number of rotatable bonds is 6. The zero-order valence-corrected chi connectivity index (χ0v) is 22.0. The summed E-state index contributed by atoms with van der Waals surface area (Å²) in [7, 11) is 2.97. The van der Waals surface area contributed by atoms with Crippen molar-refractivity contribution in [3.63, 3.8) is 0 Å². The number of nitriles is 1. The number of carbonyl (C=O) groups excluding carboxylic acids is 2. The van der Waals surface area contributed by atoms with Crippen molar-refractivity contribution in [3.8, 4) is 11.8 Å². The largest absolute Gasteiger partial charge is 0.496 e. The molecule has 9 heteroatoms. The highest BCUT2D eigenvalue weighted by Gasteiger charge is 2.33. The molecule has 0 saturated heterocycles. The molecule has 37 heavy (non-hydrogen) atoms. The van der Waals surface area contributed by atoms with Crippen LogP contribution in [0.1, 0.15) is 50.8 Å². The Balaban J connectivity index is 1.83. The smallest absolute Gasteiger partial charge is 0.419 e. The molecule has 0 bridgehead atoms.